The SMILES string of the molecule is COc1ccc(N2CCCN(c3cc(C)nc(-c4cccc([N+](=O)[O-])c4)n3)CC2)cc1. The monoisotopic (exact) mass is 419 g/mol. The van der Waals surface area contributed by atoms with E-state index in [2.05, 4.69) is 26.9 Å². The van der Waals surface area contributed by atoms with Gasteiger partial charge in [0, 0.05) is 61.3 Å². The van der Waals surface area contributed by atoms with E-state index in [0.29, 0.717) is 11.4 Å². The lowest BCUT2D eigenvalue weighted by Gasteiger charge is -2.24. The second-order valence-corrected chi connectivity index (χ2v) is 7.52. The zero-order valence-corrected chi connectivity index (χ0v) is 17.7. The summed E-state index contributed by atoms with van der Waals surface area (Å²) in [7, 11) is 1.67. The molecule has 0 amide bonds. The fraction of sp³-hybridized carbons (Fsp3) is 0.304. The zero-order chi connectivity index (χ0) is 21.8. The zero-order valence-electron chi connectivity index (χ0n) is 17.7. The molecule has 0 spiro atoms. The highest BCUT2D eigenvalue weighted by Crippen LogP contribution is 2.25. The Balaban J connectivity index is 1.54. The van der Waals surface area contributed by atoms with Crippen LogP contribution >= 0.6 is 0 Å². The van der Waals surface area contributed by atoms with Crippen LogP contribution < -0.4 is 14.5 Å². The van der Waals surface area contributed by atoms with Crippen molar-refractivity contribution in [3.8, 4) is 17.1 Å². The third kappa shape index (κ3) is 4.74. The maximum absolute atomic E-state index is 11.1. The fourth-order valence-corrected chi connectivity index (χ4v) is 3.80. The van der Waals surface area contributed by atoms with Crippen LogP contribution in [0, 0.1) is 17.0 Å². The van der Waals surface area contributed by atoms with Gasteiger partial charge in [-0.2, -0.15) is 0 Å². The summed E-state index contributed by atoms with van der Waals surface area (Å²) in [6.45, 7) is 5.48. The molecule has 1 aromatic heterocycles. The number of methoxy groups -OCH3 is 1. The number of rotatable bonds is 5. The molecule has 3 aromatic rings. The highest BCUT2D eigenvalue weighted by Gasteiger charge is 2.18. The van der Waals surface area contributed by atoms with E-state index in [9.17, 15) is 10.1 Å². The van der Waals surface area contributed by atoms with Gasteiger partial charge in [0.15, 0.2) is 5.82 Å². The fourth-order valence-electron chi connectivity index (χ4n) is 3.80. The molecule has 0 unspecified atom stereocenters. The van der Waals surface area contributed by atoms with Gasteiger partial charge < -0.3 is 14.5 Å². The average molecular weight is 419 g/mol. The largest absolute Gasteiger partial charge is 0.497 e. The molecule has 0 N–H and O–H groups in total. The van der Waals surface area contributed by atoms with Crippen LogP contribution in [-0.4, -0.2) is 48.2 Å². The van der Waals surface area contributed by atoms with Crippen molar-refractivity contribution in [2.45, 2.75) is 13.3 Å². The van der Waals surface area contributed by atoms with Crippen molar-refractivity contribution in [2.75, 3.05) is 43.1 Å². The van der Waals surface area contributed by atoms with E-state index < -0.39 is 4.92 Å². The number of hydrogen-bond acceptors (Lipinski definition) is 7. The van der Waals surface area contributed by atoms with E-state index >= 15 is 0 Å². The molecule has 0 aliphatic carbocycles. The van der Waals surface area contributed by atoms with Crippen molar-refractivity contribution in [2.24, 2.45) is 0 Å². The van der Waals surface area contributed by atoms with Crippen molar-refractivity contribution in [3.63, 3.8) is 0 Å². The first-order chi connectivity index (χ1) is 15.0. The second kappa shape index (κ2) is 8.99. The molecule has 2 aromatic carbocycles. The molecule has 0 atom stereocenters. The summed E-state index contributed by atoms with van der Waals surface area (Å²) in [6, 6.07) is 16.6. The standard InChI is InChI=1S/C23H25N5O3/c1-17-15-22(25-23(24-17)18-5-3-6-20(16-18)28(29)30)27-12-4-11-26(13-14-27)19-7-9-21(31-2)10-8-19/h3,5-10,15-16H,4,11-14H2,1-2H3. The number of nitro benzene ring substituents is 1. The van der Waals surface area contributed by atoms with E-state index in [0.717, 1.165) is 49.9 Å². The number of aromatic nitrogens is 2. The topological polar surface area (TPSA) is 84.6 Å². The third-order valence-electron chi connectivity index (χ3n) is 5.41. The summed E-state index contributed by atoms with van der Waals surface area (Å²) in [5.41, 5.74) is 2.70. The van der Waals surface area contributed by atoms with E-state index in [4.69, 9.17) is 9.72 Å². The predicted molar refractivity (Wildman–Crippen MR) is 121 cm³/mol. The van der Waals surface area contributed by atoms with Crippen LogP contribution in [0.15, 0.2) is 54.6 Å². The molecule has 8 heteroatoms. The van der Waals surface area contributed by atoms with Crippen molar-refractivity contribution < 1.29 is 9.66 Å². The number of non-ortho nitro benzene ring substituents is 1. The van der Waals surface area contributed by atoms with Gasteiger partial charge in [0.2, 0.25) is 0 Å². The predicted octanol–water partition coefficient (Wildman–Crippen LogP) is 4.09. The molecule has 1 aliphatic rings. The molecule has 160 valence electrons. The normalized spacial score (nSPS) is 14.3. The molecule has 1 aliphatic heterocycles. The van der Waals surface area contributed by atoms with Gasteiger partial charge in [0.25, 0.3) is 5.69 Å². The van der Waals surface area contributed by atoms with Crippen LogP contribution in [-0.2, 0) is 0 Å². The molecule has 0 radical (unpaired) electrons. The Morgan fingerprint density at radius 3 is 2.45 bits per heavy atom. The Hall–Kier alpha value is -3.68. The Morgan fingerprint density at radius 1 is 0.968 bits per heavy atom. The summed E-state index contributed by atoms with van der Waals surface area (Å²) >= 11 is 0. The molecule has 1 fully saturated rings. The van der Waals surface area contributed by atoms with Gasteiger partial charge in [-0.1, -0.05) is 12.1 Å². The molecule has 1 saturated heterocycles. The molecule has 2 heterocycles. The van der Waals surface area contributed by atoms with Crippen molar-refractivity contribution in [1.29, 1.82) is 0 Å². The molecule has 0 bridgehead atoms. The number of nitrogens with zero attached hydrogens (tertiary/aromatic N) is 5. The highest BCUT2D eigenvalue weighted by atomic mass is 16.6. The smallest absolute Gasteiger partial charge is 0.270 e. The maximum Gasteiger partial charge on any atom is 0.270 e. The summed E-state index contributed by atoms with van der Waals surface area (Å²) in [5, 5.41) is 11.1. The summed E-state index contributed by atoms with van der Waals surface area (Å²) in [4.78, 5) is 24.6. The summed E-state index contributed by atoms with van der Waals surface area (Å²) < 4.78 is 5.26. The Kier molecular flexibility index (Phi) is 5.97. The van der Waals surface area contributed by atoms with Crippen molar-refractivity contribution >= 4 is 17.2 Å². The minimum Gasteiger partial charge on any atom is -0.497 e. The van der Waals surface area contributed by atoms with E-state index in [-0.39, 0.29) is 5.69 Å². The quantitative estimate of drug-likeness (QED) is 0.455. The number of hydrogen-bond donors (Lipinski definition) is 0. The highest BCUT2D eigenvalue weighted by molar-refractivity contribution is 5.61. The van der Waals surface area contributed by atoms with Crippen LogP contribution in [0.5, 0.6) is 5.75 Å². The van der Waals surface area contributed by atoms with E-state index in [1.807, 2.05) is 25.1 Å². The first-order valence-electron chi connectivity index (χ1n) is 10.3. The number of aryl methyl sites for hydroxylation is 1. The summed E-state index contributed by atoms with van der Waals surface area (Å²) in [6.07, 6.45) is 1.00. The lowest BCUT2D eigenvalue weighted by Crippen LogP contribution is -2.31. The average Bonchev–Trinajstić information content (AvgIpc) is 3.05. The first-order valence-corrected chi connectivity index (χ1v) is 10.3. The minimum absolute atomic E-state index is 0.0362. The number of ether oxygens (including phenoxy) is 1. The molecule has 4 rings (SSSR count). The van der Waals surface area contributed by atoms with Crippen LogP contribution in [0.3, 0.4) is 0 Å². The van der Waals surface area contributed by atoms with Crippen LogP contribution in [0.2, 0.25) is 0 Å². The van der Waals surface area contributed by atoms with Gasteiger partial charge in [0.1, 0.15) is 11.6 Å². The van der Waals surface area contributed by atoms with Gasteiger partial charge in [-0.05, 0) is 37.6 Å². The molecular formula is C23H25N5O3. The minimum atomic E-state index is -0.400. The Morgan fingerprint density at radius 2 is 1.71 bits per heavy atom. The van der Waals surface area contributed by atoms with Gasteiger partial charge >= 0.3 is 0 Å². The van der Waals surface area contributed by atoms with Gasteiger partial charge in [-0.15, -0.1) is 0 Å². The van der Waals surface area contributed by atoms with Crippen molar-refractivity contribution in [1.82, 2.24) is 9.97 Å². The van der Waals surface area contributed by atoms with E-state index in [1.54, 1.807) is 19.2 Å². The van der Waals surface area contributed by atoms with Gasteiger partial charge in [0.05, 0.1) is 12.0 Å². The van der Waals surface area contributed by atoms with Crippen LogP contribution in [0.4, 0.5) is 17.2 Å². The van der Waals surface area contributed by atoms with Crippen LogP contribution in [0.25, 0.3) is 11.4 Å². The van der Waals surface area contributed by atoms with Crippen molar-refractivity contribution in [3.05, 3.63) is 70.4 Å². The second-order valence-electron chi connectivity index (χ2n) is 7.52. The van der Waals surface area contributed by atoms with Crippen LogP contribution in [0.1, 0.15) is 12.1 Å². The number of anilines is 2. The third-order valence-corrected chi connectivity index (χ3v) is 5.41. The first kappa shape index (κ1) is 20.6. The molecule has 0 saturated carbocycles. The number of benzene rings is 2. The molecular weight excluding hydrogens is 394 g/mol. The Labute approximate surface area is 181 Å². The van der Waals surface area contributed by atoms with E-state index in [1.165, 1.54) is 17.8 Å². The lowest BCUT2D eigenvalue weighted by molar-refractivity contribution is -0.384. The van der Waals surface area contributed by atoms with Gasteiger partial charge in [-0.3, -0.25) is 10.1 Å². The lowest BCUT2D eigenvalue weighted by atomic mass is 10.2. The molecule has 8 nitrogen and oxygen atoms in total. The summed E-state index contributed by atoms with van der Waals surface area (Å²) in [5.74, 6) is 2.21. The maximum atomic E-state index is 11.1. The number of nitro groups is 1. The van der Waals surface area contributed by atoms with Gasteiger partial charge in [-0.25, -0.2) is 9.97 Å². The molecule has 31 heavy (non-hydrogen) atoms. The Bertz CT molecular complexity index is 1070.